The third kappa shape index (κ3) is 4.10. The van der Waals surface area contributed by atoms with Gasteiger partial charge in [-0.05, 0) is 42.7 Å². The number of thiazole rings is 1. The summed E-state index contributed by atoms with van der Waals surface area (Å²) in [7, 11) is 0. The molecule has 1 amide bonds. The summed E-state index contributed by atoms with van der Waals surface area (Å²) >= 11 is 1.60. The molecule has 2 heterocycles. The molecule has 0 bridgehead atoms. The first-order valence-corrected chi connectivity index (χ1v) is 10.0. The Balaban J connectivity index is 1.43. The second-order valence-electron chi connectivity index (χ2n) is 7.09. The number of amides is 1. The van der Waals surface area contributed by atoms with Crippen LogP contribution in [0.1, 0.15) is 37.6 Å². The zero-order valence-electron chi connectivity index (χ0n) is 15.7. The topological polar surface area (TPSA) is 45.2 Å². The minimum atomic E-state index is -0.0923. The summed E-state index contributed by atoms with van der Waals surface area (Å²) in [6, 6.07) is 16.3. The average Bonchev–Trinajstić information content (AvgIpc) is 3.06. The van der Waals surface area contributed by atoms with E-state index in [1.807, 2.05) is 38.1 Å². The largest absolute Gasteiger partial charge is 0.298 e. The number of aromatic nitrogens is 1. The molecule has 0 saturated heterocycles. The molecule has 0 spiro atoms. The highest BCUT2D eigenvalue weighted by atomic mass is 32.1. The van der Waals surface area contributed by atoms with E-state index in [0.717, 1.165) is 37.3 Å². The van der Waals surface area contributed by atoms with Gasteiger partial charge >= 0.3 is 0 Å². The molecule has 3 aromatic rings. The molecule has 0 fully saturated rings. The number of carbonyl (C=O) groups is 1. The summed E-state index contributed by atoms with van der Waals surface area (Å²) in [5.74, 6) is -0.0923. The summed E-state index contributed by atoms with van der Waals surface area (Å²) < 4.78 is 0. The van der Waals surface area contributed by atoms with Crippen LogP contribution in [0.4, 0.5) is 5.13 Å². The van der Waals surface area contributed by atoms with E-state index in [9.17, 15) is 4.79 Å². The number of carbonyl (C=O) groups excluding carboxylic acids is 1. The molecule has 0 saturated carbocycles. The zero-order chi connectivity index (χ0) is 18.8. The molecule has 5 heteroatoms. The van der Waals surface area contributed by atoms with Crippen molar-refractivity contribution in [3.05, 3.63) is 81.4 Å². The molecule has 0 radical (unpaired) electrons. The van der Waals surface area contributed by atoms with Gasteiger partial charge in [-0.15, -0.1) is 11.3 Å². The molecular weight excluding hydrogens is 354 g/mol. The highest BCUT2D eigenvalue weighted by Gasteiger charge is 2.21. The lowest BCUT2D eigenvalue weighted by molar-refractivity contribution is 0.102. The Bertz CT molecular complexity index is 965. The van der Waals surface area contributed by atoms with E-state index in [4.69, 9.17) is 0 Å². The van der Waals surface area contributed by atoms with Gasteiger partial charge in [0.2, 0.25) is 0 Å². The van der Waals surface area contributed by atoms with Gasteiger partial charge in [-0.1, -0.05) is 36.4 Å². The van der Waals surface area contributed by atoms with E-state index in [-0.39, 0.29) is 5.91 Å². The molecule has 138 valence electrons. The quantitative estimate of drug-likeness (QED) is 0.724. The maximum atomic E-state index is 12.5. The fourth-order valence-corrected chi connectivity index (χ4v) is 4.38. The van der Waals surface area contributed by atoms with E-state index in [1.54, 1.807) is 11.3 Å². The van der Waals surface area contributed by atoms with Crippen molar-refractivity contribution >= 4 is 22.4 Å². The third-order valence-corrected chi connectivity index (χ3v) is 6.05. The molecule has 27 heavy (non-hydrogen) atoms. The number of fused-ring (bicyclic) bond motifs is 1. The van der Waals surface area contributed by atoms with Crippen LogP contribution in [0, 0.1) is 13.8 Å². The number of nitrogens with one attached hydrogen (secondary N) is 1. The Hall–Kier alpha value is -2.50. The lowest BCUT2D eigenvalue weighted by Gasteiger charge is -2.25. The molecule has 2 aromatic carbocycles. The van der Waals surface area contributed by atoms with Gasteiger partial charge in [-0.25, -0.2) is 4.98 Å². The number of hydrogen-bond donors (Lipinski definition) is 1. The molecule has 0 atom stereocenters. The maximum absolute atomic E-state index is 12.5. The molecule has 0 aliphatic carbocycles. The smallest absolute Gasteiger partial charge is 0.257 e. The predicted octanol–water partition coefficient (Wildman–Crippen LogP) is 4.57. The van der Waals surface area contributed by atoms with E-state index < -0.39 is 0 Å². The van der Waals surface area contributed by atoms with Crippen molar-refractivity contribution in [2.75, 3.05) is 11.9 Å². The lowest BCUT2D eigenvalue weighted by Crippen LogP contribution is -2.29. The number of rotatable bonds is 4. The summed E-state index contributed by atoms with van der Waals surface area (Å²) in [6.07, 6.45) is 0.929. The minimum Gasteiger partial charge on any atom is -0.298 e. The van der Waals surface area contributed by atoms with Crippen LogP contribution in [-0.2, 0) is 19.5 Å². The predicted molar refractivity (Wildman–Crippen MR) is 110 cm³/mol. The molecular formula is C22H23N3OS. The van der Waals surface area contributed by atoms with Crippen LogP contribution >= 0.6 is 11.3 Å². The van der Waals surface area contributed by atoms with E-state index in [2.05, 4.69) is 39.5 Å². The van der Waals surface area contributed by atoms with E-state index >= 15 is 0 Å². The first-order valence-electron chi connectivity index (χ1n) is 9.22. The fraction of sp³-hybridized carbons (Fsp3) is 0.273. The minimum absolute atomic E-state index is 0.0923. The van der Waals surface area contributed by atoms with Crippen molar-refractivity contribution < 1.29 is 4.79 Å². The Kier molecular flexibility index (Phi) is 5.05. The Labute approximate surface area is 163 Å². The average molecular weight is 378 g/mol. The van der Waals surface area contributed by atoms with E-state index in [0.29, 0.717) is 10.7 Å². The summed E-state index contributed by atoms with van der Waals surface area (Å²) in [4.78, 5) is 20.9. The van der Waals surface area contributed by atoms with E-state index in [1.165, 1.54) is 16.0 Å². The number of anilines is 1. The summed E-state index contributed by atoms with van der Waals surface area (Å²) in [6.45, 7) is 6.91. The van der Waals surface area contributed by atoms with Crippen LogP contribution in [0.25, 0.3) is 0 Å². The fourth-order valence-electron chi connectivity index (χ4n) is 3.33. The van der Waals surface area contributed by atoms with Crippen molar-refractivity contribution in [3.63, 3.8) is 0 Å². The van der Waals surface area contributed by atoms with Gasteiger partial charge in [-0.2, -0.15) is 0 Å². The number of benzene rings is 2. The first kappa shape index (κ1) is 17.9. The van der Waals surface area contributed by atoms with Gasteiger partial charge in [0.1, 0.15) is 0 Å². The van der Waals surface area contributed by atoms with Gasteiger partial charge in [0, 0.05) is 36.5 Å². The van der Waals surface area contributed by atoms with Gasteiger partial charge in [0.25, 0.3) is 5.91 Å². The van der Waals surface area contributed by atoms with Crippen LogP contribution in [-0.4, -0.2) is 22.3 Å². The molecule has 4 nitrogen and oxygen atoms in total. The van der Waals surface area contributed by atoms with Gasteiger partial charge in [-0.3, -0.25) is 15.0 Å². The van der Waals surface area contributed by atoms with Crippen molar-refractivity contribution in [3.8, 4) is 0 Å². The molecule has 0 unspecified atom stereocenters. The standard InChI is InChI=1S/C22H23N3OS/c1-15-8-9-18(12-16(15)2)21(26)24-22-23-19-10-11-25(14-20(19)27-22)13-17-6-4-3-5-7-17/h3-9,12H,10-11,13-14H2,1-2H3,(H,23,24,26). The Morgan fingerprint density at radius 2 is 1.96 bits per heavy atom. The van der Waals surface area contributed by atoms with Crippen LogP contribution in [0.3, 0.4) is 0 Å². The summed E-state index contributed by atoms with van der Waals surface area (Å²) in [5, 5.41) is 3.68. The van der Waals surface area contributed by atoms with Crippen LogP contribution in [0.15, 0.2) is 48.5 Å². The third-order valence-electron chi connectivity index (χ3n) is 5.05. The molecule has 1 aromatic heterocycles. The van der Waals surface area contributed by atoms with Crippen LogP contribution < -0.4 is 5.32 Å². The second-order valence-corrected chi connectivity index (χ2v) is 8.17. The second kappa shape index (κ2) is 7.62. The molecule has 4 rings (SSSR count). The van der Waals surface area contributed by atoms with Crippen molar-refractivity contribution in [1.82, 2.24) is 9.88 Å². The Morgan fingerprint density at radius 3 is 2.74 bits per heavy atom. The lowest BCUT2D eigenvalue weighted by atomic mass is 10.1. The first-order chi connectivity index (χ1) is 13.1. The molecule has 1 aliphatic heterocycles. The number of nitrogens with zero attached hydrogens (tertiary/aromatic N) is 2. The monoisotopic (exact) mass is 377 g/mol. The molecule has 1 aliphatic rings. The maximum Gasteiger partial charge on any atom is 0.257 e. The van der Waals surface area contributed by atoms with Crippen molar-refractivity contribution in [2.45, 2.75) is 33.4 Å². The number of aryl methyl sites for hydroxylation is 2. The molecule has 1 N–H and O–H groups in total. The highest BCUT2D eigenvalue weighted by molar-refractivity contribution is 7.15. The summed E-state index contributed by atoms with van der Waals surface area (Å²) in [5.41, 5.74) is 5.44. The Morgan fingerprint density at radius 1 is 1.15 bits per heavy atom. The van der Waals surface area contributed by atoms with Crippen molar-refractivity contribution in [2.24, 2.45) is 0 Å². The normalized spacial score (nSPS) is 14.0. The van der Waals surface area contributed by atoms with Gasteiger partial charge < -0.3 is 0 Å². The van der Waals surface area contributed by atoms with Crippen LogP contribution in [0.5, 0.6) is 0 Å². The van der Waals surface area contributed by atoms with Crippen LogP contribution in [0.2, 0.25) is 0 Å². The number of hydrogen-bond acceptors (Lipinski definition) is 4. The van der Waals surface area contributed by atoms with Gasteiger partial charge in [0.15, 0.2) is 5.13 Å². The van der Waals surface area contributed by atoms with Crippen molar-refractivity contribution in [1.29, 1.82) is 0 Å². The van der Waals surface area contributed by atoms with Gasteiger partial charge in [0.05, 0.1) is 5.69 Å². The SMILES string of the molecule is Cc1ccc(C(=O)Nc2nc3c(s2)CN(Cc2ccccc2)CC3)cc1C. The highest BCUT2D eigenvalue weighted by Crippen LogP contribution is 2.29. The zero-order valence-corrected chi connectivity index (χ0v) is 16.5.